The second kappa shape index (κ2) is 6.76. The zero-order valence-corrected chi connectivity index (χ0v) is 16.0. The van der Waals surface area contributed by atoms with Crippen LogP contribution < -0.4 is 14.5 Å². The summed E-state index contributed by atoms with van der Waals surface area (Å²) in [7, 11) is 1.61. The van der Waals surface area contributed by atoms with Crippen molar-refractivity contribution < 1.29 is 14.3 Å². The van der Waals surface area contributed by atoms with Gasteiger partial charge in [-0.2, -0.15) is 0 Å². The van der Waals surface area contributed by atoms with Crippen LogP contribution in [0.1, 0.15) is 12.0 Å². The number of nitrogens with zero attached hydrogens (tertiary/aromatic N) is 2. The molecule has 4 rings (SSSR count). The molecule has 1 atom stereocenters. The van der Waals surface area contributed by atoms with E-state index in [1.165, 1.54) is 5.56 Å². The fourth-order valence-corrected chi connectivity index (χ4v) is 4.11. The predicted molar refractivity (Wildman–Crippen MR) is 104 cm³/mol. The highest BCUT2D eigenvalue weighted by Crippen LogP contribution is 2.34. The van der Waals surface area contributed by atoms with Gasteiger partial charge in [-0.3, -0.25) is 9.59 Å². The molecule has 2 aromatic rings. The summed E-state index contributed by atoms with van der Waals surface area (Å²) >= 11 is 3.48. The van der Waals surface area contributed by atoms with E-state index in [9.17, 15) is 9.59 Å². The lowest BCUT2D eigenvalue weighted by Gasteiger charge is -2.22. The Bertz CT molecular complexity index is 866. The lowest BCUT2D eigenvalue weighted by molar-refractivity contribution is -0.124. The molecular formula is C20H19BrN2O3. The molecule has 5 nitrogen and oxygen atoms in total. The molecule has 2 aliphatic heterocycles. The summed E-state index contributed by atoms with van der Waals surface area (Å²) in [5.74, 6) is 0.464. The van der Waals surface area contributed by atoms with Gasteiger partial charge in [0, 0.05) is 35.4 Å². The Kier molecular flexibility index (Phi) is 4.44. The Morgan fingerprint density at radius 1 is 1.19 bits per heavy atom. The van der Waals surface area contributed by atoms with Crippen LogP contribution in [0.5, 0.6) is 5.75 Å². The molecule has 0 N–H and O–H groups in total. The molecular weight excluding hydrogens is 396 g/mol. The lowest BCUT2D eigenvalue weighted by Crippen LogP contribution is -2.36. The van der Waals surface area contributed by atoms with Gasteiger partial charge in [-0.05, 0) is 54.4 Å². The highest BCUT2D eigenvalue weighted by molar-refractivity contribution is 9.10. The number of carbonyl (C=O) groups is 2. The number of hydrogen-bond acceptors (Lipinski definition) is 3. The Morgan fingerprint density at radius 3 is 2.69 bits per heavy atom. The molecule has 2 aromatic carbocycles. The topological polar surface area (TPSA) is 49.9 Å². The van der Waals surface area contributed by atoms with Crippen molar-refractivity contribution in [2.24, 2.45) is 5.92 Å². The van der Waals surface area contributed by atoms with Crippen LogP contribution >= 0.6 is 15.9 Å². The van der Waals surface area contributed by atoms with Gasteiger partial charge in [0.1, 0.15) is 5.75 Å². The monoisotopic (exact) mass is 414 g/mol. The Balaban J connectivity index is 1.51. The van der Waals surface area contributed by atoms with Crippen LogP contribution in [0.2, 0.25) is 0 Å². The van der Waals surface area contributed by atoms with Gasteiger partial charge in [0.2, 0.25) is 11.8 Å². The maximum Gasteiger partial charge on any atom is 0.232 e. The molecule has 6 heteroatoms. The normalized spacial score (nSPS) is 19.0. The van der Waals surface area contributed by atoms with Crippen molar-refractivity contribution in [3.63, 3.8) is 0 Å². The summed E-state index contributed by atoms with van der Waals surface area (Å²) in [6, 6.07) is 13.3. The third-order valence-electron chi connectivity index (χ3n) is 5.06. The smallest absolute Gasteiger partial charge is 0.232 e. The lowest BCUT2D eigenvalue weighted by atomic mass is 10.1. The number of methoxy groups -OCH3 is 1. The minimum Gasteiger partial charge on any atom is -0.497 e. The first-order valence-electron chi connectivity index (χ1n) is 8.61. The van der Waals surface area contributed by atoms with Gasteiger partial charge in [0.15, 0.2) is 0 Å². The Labute approximate surface area is 160 Å². The van der Waals surface area contributed by atoms with Gasteiger partial charge < -0.3 is 14.5 Å². The second-order valence-electron chi connectivity index (χ2n) is 6.62. The average Bonchev–Trinajstić information content (AvgIpc) is 3.24. The summed E-state index contributed by atoms with van der Waals surface area (Å²) < 4.78 is 6.18. The first kappa shape index (κ1) is 17.1. The van der Waals surface area contributed by atoms with Gasteiger partial charge in [0.25, 0.3) is 0 Å². The number of carbonyl (C=O) groups excluding carboxylic acids is 2. The number of ether oxygens (including phenoxy) is 1. The third-order valence-corrected chi connectivity index (χ3v) is 5.55. The molecule has 2 aliphatic rings. The van der Waals surface area contributed by atoms with Crippen LogP contribution in [-0.4, -0.2) is 32.0 Å². The fourth-order valence-electron chi connectivity index (χ4n) is 3.70. The molecule has 0 spiro atoms. The van der Waals surface area contributed by atoms with Crippen LogP contribution in [0.4, 0.5) is 11.4 Å². The van der Waals surface area contributed by atoms with E-state index in [1.807, 2.05) is 41.3 Å². The van der Waals surface area contributed by atoms with Crippen molar-refractivity contribution in [2.45, 2.75) is 12.8 Å². The standard InChI is InChI=1S/C20H19BrN2O3/c1-26-17-5-3-16(4-6-17)23-12-14(11-19(23)24)20(25)22-9-8-13-10-15(21)2-7-18(13)22/h2-7,10,14H,8-9,11-12H2,1H3. The highest BCUT2D eigenvalue weighted by Gasteiger charge is 2.39. The molecule has 0 aromatic heterocycles. The summed E-state index contributed by atoms with van der Waals surface area (Å²) in [6.45, 7) is 1.10. The van der Waals surface area contributed by atoms with Gasteiger partial charge in [-0.25, -0.2) is 0 Å². The number of anilines is 2. The van der Waals surface area contributed by atoms with E-state index in [1.54, 1.807) is 12.0 Å². The van der Waals surface area contributed by atoms with E-state index in [0.717, 1.165) is 28.0 Å². The SMILES string of the molecule is COc1ccc(N2CC(C(=O)N3CCc4cc(Br)ccc43)CC2=O)cc1. The molecule has 0 saturated carbocycles. The highest BCUT2D eigenvalue weighted by atomic mass is 79.9. The van der Waals surface area contributed by atoms with Crippen molar-refractivity contribution in [1.29, 1.82) is 0 Å². The van der Waals surface area contributed by atoms with Gasteiger partial charge >= 0.3 is 0 Å². The summed E-state index contributed by atoms with van der Waals surface area (Å²) in [6.07, 6.45) is 1.11. The number of rotatable bonds is 3. The third kappa shape index (κ3) is 2.98. The van der Waals surface area contributed by atoms with E-state index in [4.69, 9.17) is 4.74 Å². The summed E-state index contributed by atoms with van der Waals surface area (Å²) in [4.78, 5) is 29.0. The fraction of sp³-hybridized carbons (Fsp3) is 0.300. The minimum absolute atomic E-state index is 0.0104. The number of halogens is 1. The van der Waals surface area contributed by atoms with Gasteiger partial charge in [0.05, 0.1) is 13.0 Å². The van der Waals surface area contributed by atoms with Crippen LogP contribution in [0.25, 0.3) is 0 Å². The van der Waals surface area contributed by atoms with E-state index in [-0.39, 0.29) is 24.2 Å². The molecule has 1 saturated heterocycles. The van der Waals surface area contributed by atoms with Crippen LogP contribution in [0, 0.1) is 5.92 Å². The van der Waals surface area contributed by atoms with Crippen LogP contribution in [0.3, 0.4) is 0 Å². The molecule has 0 bridgehead atoms. The first-order valence-corrected chi connectivity index (χ1v) is 9.40. The Morgan fingerprint density at radius 2 is 1.96 bits per heavy atom. The van der Waals surface area contributed by atoms with Crippen molar-refractivity contribution in [3.8, 4) is 5.75 Å². The maximum atomic E-state index is 13.0. The largest absolute Gasteiger partial charge is 0.497 e. The number of amides is 2. The number of benzene rings is 2. The Hall–Kier alpha value is -2.34. The minimum atomic E-state index is -0.306. The molecule has 0 aliphatic carbocycles. The van der Waals surface area contributed by atoms with E-state index < -0.39 is 0 Å². The van der Waals surface area contributed by atoms with E-state index in [0.29, 0.717) is 13.1 Å². The predicted octanol–water partition coefficient (Wildman–Crippen LogP) is 3.40. The first-order chi connectivity index (χ1) is 12.6. The van der Waals surface area contributed by atoms with Crippen molar-refractivity contribution in [3.05, 3.63) is 52.5 Å². The molecule has 1 fully saturated rings. The zero-order chi connectivity index (χ0) is 18.3. The maximum absolute atomic E-state index is 13.0. The molecule has 0 radical (unpaired) electrons. The quantitative estimate of drug-likeness (QED) is 0.772. The molecule has 2 amide bonds. The number of fused-ring (bicyclic) bond motifs is 1. The molecule has 2 heterocycles. The van der Waals surface area contributed by atoms with E-state index >= 15 is 0 Å². The van der Waals surface area contributed by atoms with Gasteiger partial charge in [-0.15, -0.1) is 0 Å². The van der Waals surface area contributed by atoms with Crippen LogP contribution in [-0.2, 0) is 16.0 Å². The zero-order valence-electron chi connectivity index (χ0n) is 14.4. The molecule has 134 valence electrons. The second-order valence-corrected chi connectivity index (χ2v) is 7.53. The van der Waals surface area contributed by atoms with Crippen molar-refractivity contribution >= 4 is 39.1 Å². The van der Waals surface area contributed by atoms with Crippen molar-refractivity contribution in [2.75, 3.05) is 30.0 Å². The molecule has 1 unspecified atom stereocenters. The summed E-state index contributed by atoms with van der Waals surface area (Å²) in [5, 5.41) is 0. The van der Waals surface area contributed by atoms with Gasteiger partial charge in [-0.1, -0.05) is 15.9 Å². The van der Waals surface area contributed by atoms with Crippen molar-refractivity contribution in [1.82, 2.24) is 0 Å². The summed E-state index contributed by atoms with van der Waals surface area (Å²) in [5.41, 5.74) is 2.94. The molecule has 26 heavy (non-hydrogen) atoms. The number of hydrogen-bond donors (Lipinski definition) is 0. The van der Waals surface area contributed by atoms with Crippen LogP contribution in [0.15, 0.2) is 46.9 Å². The van der Waals surface area contributed by atoms with E-state index in [2.05, 4.69) is 22.0 Å². The average molecular weight is 415 g/mol.